The molecule has 1 amide bonds. The summed E-state index contributed by atoms with van der Waals surface area (Å²) >= 11 is 3.46. The number of rotatable bonds is 7. The largest absolute Gasteiger partial charge is 0.387 e. The van der Waals surface area contributed by atoms with Crippen molar-refractivity contribution < 1.29 is 14.3 Å². The van der Waals surface area contributed by atoms with Crippen LogP contribution in [0.5, 0.6) is 0 Å². The maximum Gasteiger partial charge on any atom is 0.223 e. The van der Waals surface area contributed by atoms with E-state index in [1.54, 1.807) is 13.0 Å². The van der Waals surface area contributed by atoms with Gasteiger partial charge in [0, 0.05) is 23.5 Å². The van der Waals surface area contributed by atoms with Crippen molar-refractivity contribution in [2.24, 2.45) is 5.92 Å². The van der Waals surface area contributed by atoms with Gasteiger partial charge in [0.2, 0.25) is 5.91 Å². The van der Waals surface area contributed by atoms with Crippen LogP contribution in [0.25, 0.3) is 11.1 Å². The van der Waals surface area contributed by atoms with Crippen LogP contribution >= 0.6 is 15.9 Å². The molecule has 1 atom stereocenters. The molecule has 0 unspecified atom stereocenters. The Bertz CT molecular complexity index is 1110. The van der Waals surface area contributed by atoms with Crippen molar-refractivity contribution in [3.8, 4) is 11.1 Å². The number of aliphatic hydroxyl groups is 1. The first-order valence-corrected chi connectivity index (χ1v) is 12.5. The van der Waals surface area contributed by atoms with E-state index in [-0.39, 0.29) is 17.6 Å². The normalized spacial score (nSPS) is 15.8. The lowest BCUT2D eigenvalue weighted by molar-refractivity contribution is -0.126. The Hall–Kier alpha value is -2.54. The molecule has 34 heavy (non-hydrogen) atoms. The quantitative estimate of drug-likeness (QED) is 0.421. The predicted molar refractivity (Wildman–Crippen MR) is 137 cm³/mol. The van der Waals surface area contributed by atoms with Crippen molar-refractivity contribution in [2.45, 2.75) is 32.4 Å². The number of carbonyl (C=O) groups is 1. The van der Waals surface area contributed by atoms with Crippen LogP contribution in [-0.2, 0) is 11.3 Å². The van der Waals surface area contributed by atoms with Gasteiger partial charge in [-0.05, 0) is 78.9 Å². The van der Waals surface area contributed by atoms with E-state index in [0.29, 0.717) is 18.7 Å². The van der Waals surface area contributed by atoms with E-state index in [4.69, 9.17) is 0 Å². The van der Waals surface area contributed by atoms with Crippen LogP contribution < -0.4 is 5.32 Å². The topological polar surface area (TPSA) is 52.6 Å². The van der Waals surface area contributed by atoms with Gasteiger partial charge in [0.05, 0.1) is 6.10 Å². The minimum Gasteiger partial charge on any atom is -0.387 e. The van der Waals surface area contributed by atoms with Crippen LogP contribution in [0.15, 0.2) is 71.2 Å². The smallest absolute Gasteiger partial charge is 0.223 e. The van der Waals surface area contributed by atoms with E-state index in [9.17, 15) is 14.3 Å². The Balaban J connectivity index is 1.23. The summed E-state index contributed by atoms with van der Waals surface area (Å²) < 4.78 is 14.7. The maximum absolute atomic E-state index is 13.7. The Kier molecular flexibility index (Phi) is 8.14. The number of amides is 1. The fraction of sp³-hybridized carbons (Fsp3) is 0.321. The highest BCUT2D eigenvalue weighted by Gasteiger charge is 2.26. The van der Waals surface area contributed by atoms with Crippen molar-refractivity contribution in [3.05, 3.63) is 93.7 Å². The number of aliphatic hydroxyl groups excluding tert-OH is 1. The number of aryl methyl sites for hydroxylation is 1. The number of carbonyl (C=O) groups excluding carboxylic acids is 1. The number of piperidine rings is 1. The Labute approximate surface area is 208 Å². The van der Waals surface area contributed by atoms with E-state index in [0.717, 1.165) is 52.7 Å². The Morgan fingerprint density at radius 3 is 2.29 bits per heavy atom. The van der Waals surface area contributed by atoms with Gasteiger partial charge in [0.15, 0.2) is 0 Å². The van der Waals surface area contributed by atoms with Crippen molar-refractivity contribution in [1.29, 1.82) is 0 Å². The average Bonchev–Trinajstić information content (AvgIpc) is 2.85. The highest BCUT2D eigenvalue weighted by atomic mass is 79.9. The van der Waals surface area contributed by atoms with Gasteiger partial charge in [-0.1, -0.05) is 64.5 Å². The third-order valence-electron chi connectivity index (χ3n) is 6.57. The molecule has 1 saturated heterocycles. The van der Waals surface area contributed by atoms with Crippen LogP contribution in [0, 0.1) is 18.7 Å². The highest BCUT2D eigenvalue weighted by Crippen LogP contribution is 2.25. The van der Waals surface area contributed by atoms with E-state index in [1.165, 1.54) is 6.07 Å². The third kappa shape index (κ3) is 6.32. The average molecular weight is 525 g/mol. The van der Waals surface area contributed by atoms with Crippen LogP contribution in [0.3, 0.4) is 0 Å². The van der Waals surface area contributed by atoms with Gasteiger partial charge in [-0.3, -0.25) is 4.79 Å². The van der Waals surface area contributed by atoms with E-state index >= 15 is 0 Å². The van der Waals surface area contributed by atoms with Gasteiger partial charge >= 0.3 is 0 Å². The Morgan fingerprint density at radius 1 is 1.06 bits per heavy atom. The monoisotopic (exact) mass is 524 g/mol. The number of hydrogen-bond donors (Lipinski definition) is 2. The first-order chi connectivity index (χ1) is 16.4. The fourth-order valence-corrected chi connectivity index (χ4v) is 4.61. The number of halogens is 2. The van der Waals surface area contributed by atoms with Crippen molar-refractivity contribution in [3.63, 3.8) is 0 Å². The second kappa shape index (κ2) is 11.3. The maximum atomic E-state index is 13.7. The number of benzene rings is 3. The predicted octanol–water partition coefficient (Wildman–Crippen LogP) is 5.63. The number of β-amino-alcohol motifs (C(OH)–C–C–N with tert-alkyl or cyclic N) is 1. The van der Waals surface area contributed by atoms with Gasteiger partial charge in [-0.2, -0.15) is 0 Å². The number of nitrogens with zero attached hydrogens (tertiary/aromatic N) is 1. The van der Waals surface area contributed by atoms with Crippen LogP contribution in [0.4, 0.5) is 4.39 Å². The summed E-state index contributed by atoms with van der Waals surface area (Å²) in [5.74, 6) is -0.278. The SMILES string of the molecule is Cc1ccc(CNC(=O)C2CCN(C[C@@H](O)c3ccc(-c4ccc(Br)cc4)cc3)CC2)cc1F. The summed E-state index contributed by atoms with van der Waals surface area (Å²) in [5, 5.41) is 13.7. The summed E-state index contributed by atoms with van der Waals surface area (Å²) in [6.07, 6.45) is 0.938. The first kappa shape index (κ1) is 24.6. The van der Waals surface area contributed by atoms with E-state index < -0.39 is 6.10 Å². The summed E-state index contributed by atoms with van der Waals surface area (Å²) in [5.41, 5.74) is 4.51. The van der Waals surface area contributed by atoms with Gasteiger partial charge < -0.3 is 15.3 Å². The molecule has 4 rings (SSSR count). The molecule has 0 aromatic heterocycles. The van der Waals surface area contributed by atoms with E-state index in [1.807, 2.05) is 42.5 Å². The standard InChI is InChI=1S/C28H30BrFN2O2/c1-19-2-3-20(16-26(19)30)17-31-28(34)24-12-14-32(15-13-24)18-27(33)23-6-4-21(5-7-23)22-8-10-25(29)11-9-22/h2-11,16,24,27,33H,12-15,17-18H2,1H3,(H,31,34)/t27-/m1/s1. The lowest BCUT2D eigenvalue weighted by atomic mass is 9.95. The minimum atomic E-state index is -0.569. The summed E-state index contributed by atoms with van der Waals surface area (Å²) in [4.78, 5) is 14.8. The molecule has 4 nitrogen and oxygen atoms in total. The first-order valence-electron chi connectivity index (χ1n) is 11.7. The molecular weight excluding hydrogens is 495 g/mol. The molecule has 0 bridgehead atoms. The van der Waals surface area contributed by atoms with Crippen molar-refractivity contribution >= 4 is 21.8 Å². The third-order valence-corrected chi connectivity index (χ3v) is 7.09. The molecule has 178 valence electrons. The molecule has 1 aliphatic heterocycles. The summed E-state index contributed by atoms with van der Waals surface area (Å²) in [6.45, 7) is 4.15. The molecule has 0 saturated carbocycles. The molecule has 1 fully saturated rings. The minimum absolute atomic E-state index is 0.0183. The summed E-state index contributed by atoms with van der Waals surface area (Å²) in [7, 11) is 0. The van der Waals surface area contributed by atoms with Crippen molar-refractivity contribution in [2.75, 3.05) is 19.6 Å². The summed E-state index contributed by atoms with van der Waals surface area (Å²) in [6, 6.07) is 21.3. The molecule has 2 N–H and O–H groups in total. The zero-order valence-corrected chi connectivity index (χ0v) is 20.9. The molecule has 0 aliphatic carbocycles. The lowest BCUT2D eigenvalue weighted by Gasteiger charge is -2.32. The second-order valence-electron chi connectivity index (χ2n) is 9.02. The second-order valence-corrected chi connectivity index (χ2v) is 9.94. The number of nitrogens with one attached hydrogen (secondary N) is 1. The molecule has 1 heterocycles. The molecule has 6 heteroatoms. The molecule has 0 spiro atoms. The molecule has 0 radical (unpaired) electrons. The molecular formula is C28H30BrFN2O2. The zero-order chi connectivity index (χ0) is 24.1. The van der Waals surface area contributed by atoms with Crippen molar-refractivity contribution in [1.82, 2.24) is 10.2 Å². The highest BCUT2D eigenvalue weighted by molar-refractivity contribution is 9.10. The van der Waals surface area contributed by atoms with Gasteiger partial charge in [-0.15, -0.1) is 0 Å². The number of likely N-dealkylation sites (tertiary alicyclic amines) is 1. The molecule has 3 aromatic rings. The fourth-order valence-electron chi connectivity index (χ4n) is 4.35. The molecule has 3 aromatic carbocycles. The lowest BCUT2D eigenvalue weighted by Crippen LogP contribution is -2.41. The van der Waals surface area contributed by atoms with Gasteiger partial charge in [0.1, 0.15) is 5.82 Å². The number of hydrogen-bond acceptors (Lipinski definition) is 3. The zero-order valence-electron chi connectivity index (χ0n) is 19.3. The Morgan fingerprint density at radius 2 is 1.68 bits per heavy atom. The van der Waals surface area contributed by atoms with Gasteiger partial charge in [-0.25, -0.2) is 4.39 Å². The van der Waals surface area contributed by atoms with E-state index in [2.05, 4.69) is 38.3 Å². The van der Waals surface area contributed by atoms with Gasteiger partial charge in [0.25, 0.3) is 0 Å². The molecule has 1 aliphatic rings. The van der Waals surface area contributed by atoms with Crippen LogP contribution in [-0.4, -0.2) is 35.5 Å². The van der Waals surface area contributed by atoms with Crippen LogP contribution in [0.1, 0.15) is 35.6 Å². The van der Waals surface area contributed by atoms with Crippen LogP contribution in [0.2, 0.25) is 0 Å².